The predicted molar refractivity (Wildman–Crippen MR) is 95.6 cm³/mol. The van der Waals surface area contributed by atoms with Gasteiger partial charge in [0, 0.05) is 12.7 Å². The summed E-state index contributed by atoms with van der Waals surface area (Å²) in [6.45, 7) is 0.131. The Balaban J connectivity index is 1.58. The van der Waals surface area contributed by atoms with Crippen LogP contribution in [0.25, 0.3) is 0 Å². The number of ether oxygens (including phenoxy) is 5. The van der Waals surface area contributed by atoms with Crippen LogP contribution < -0.4 is 0 Å². The van der Waals surface area contributed by atoms with E-state index in [1.54, 1.807) is 0 Å². The van der Waals surface area contributed by atoms with Crippen LogP contribution >= 0.6 is 0 Å². The summed E-state index contributed by atoms with van der Waals surface area (Å²) < 4.78 is 57.3. The Kier molecular flexibility index (Phi) is 5.70. The summed E-state index contributed by atoms with van der Waals surface area (Å²) in [5.41, 5.74) is 1.60. The van der Waals surface area contributed by atoms with E-state index in [9.17, 15) is 4.39 Å². The molecule has 150 valence electrons. The van der Waals surface area contributed by atoms with Gasteiger partial charge in [-0.15, -0.1) is 0 Å². The molecule has 7 heteroatoms. The van der Waals surface area contributed by atoms with Crippen LogP contribution in [0.3, 0.4) is 0 Å². The second kappa shape index (κ2) is 8.23. The van der Waals surface area contributed by atoms with E-state index in [0.29, 0.717) is 0 Å². The number of methoxy groups -OCH3 is 1. The minimum Gasteiger partial charge on any atom is -0.365 e. The van der Waals surface area contributed by atoms with E-state index in [4.69, 9.17) is 23.7 Å². The van der Waals surface area contributed by atoms with Crippen LogP contribution in [0.2, 0.25) is 0 Å². The Morgan fingerprint density at radius 3 is 2.39 bits per heavy atom. The zero-order valence-electron chi connectivity index (χ0n) is 15.4. The maximum atomic E-state index is 15.4. The molecular weight excluding hydrogens is 370 g/mol. The van der Waals surface area contributed by atoms with E-state index in [-0.39, 0.29) is 13.2 Å². The average molecular weight is 392 g/mol. The van der Waals surface area contributed by atoms with Crippen molar-refractivity contribution >= 4 is 0 Å². The van der Waals surface area contributed by atoms with Gasteiger partial charge in [-0.3, -0.25) is 0 Å². The van der Waals surface area contributed by atoms with Gasteiger partial charge >= 0.3 is 0 Å². The summed E-state index contributed by atoms with van der Waals surface area (Å²) >= 11 is 0. The summed E-state index contributed by atoms with van der Waals surface area (Å²) in [5.74, 6) is -2.80. The van der Waals surface area contributed by atoms with Crippen LogP contribution in [0.15, 0.2) is 60.7 Å². The normalized spacial score (nSPS) is 35.3. The highest BCUT2D eigenvalue weighted by Gasteiger charge is 2.61. The van der Waals surface area contributed by atoms with Gasteiger partial charge in [0.1, 0.15) is 12.2 Å². The third-order valence-electron chi connectivity index (χ3n) is 5.01. The van der Waals surface area contributed by atoms with Crippen molar-refractivity contribution < 1.29 is 32.5 Å². The van der Waals surface area contributed by atoms with E-state index in [2.05, 4.69) is 0 Å². The van der Waals surface area contributed by atoms with E-state index in [0.717, 1.165) is 18.2 Å². The molecule has 2 aliphatic heterocycles. The highest BCUT2D eigenvalue weighted by Crippen LogP contribution is 2.42. The smallest absolute Gasteiger partial charge is 0.294 e. The average Bonchev–Trinajstić information content (AvgIpc) is 2.75. The first-order chi connectivity index (χ1) is 13.6. The number of hydrogen-bond acceptors (Lipinski definition) is 5. The lowest BCUT2D eigenvalue weighted by Crippen LogP contribution is -2.67. The van der Waals surface area contributed by atoms with Gasteiger partial charge < -0.3 is 23.7 Å². The largest absolute Gasteiger partial charge is 0.365 e. The van der Waals surface area contributed by atoms with Gasteiger partial charge in [0.05, 0.1) is 13.2 Å². The topological polar surface area (TPSA) is 46.2 Å². The number of rotatable bonds is 5. The fourth-order valence-corrected chi connectivity index (χ4v) is 3.49. The molecule has 0 unspecified atom stereocenters. The van der Waals surface area contributed by atoms with Gasteiger partial charge in [0.2, 0.25) is 0 Å². The molecule has 2 aromatic carbocycles. The lowest BCUT2D eigenvalue weighted by Gasteiger charge is -2.49. The number of hydrogen-bond donors (Lipinski definition) is 0. The molecule has 4 rings (SSSR count). The molecular formula is C21H22F2O5. The van der Waals surface area contributed by atoms with Crippen LogP contribution in [0.4, 0.5) is 8.78 Å². The van der Waals surface area contributed by atoms with Gasteiger partial charge in [-0.05, 0) is 5.56 Å². The van der Waals surface area contributed by atoms with E-state index < -0.39 is 36.8 Å². The lowest BCUT2D eigenvalue weighted by atomic mass is 9.95. The molecule has 0 N–H and O–H groups in total. The molecule has 0 bridgehead atoms. The molecule has 0 spiro atoms. The minimum absolute atomic E-state index is 0.0512. The zero-order chi connectivity index (χ0) is 19.6. The van der Waals surface area contributed by atoms with Crippen LogP contribution in [0, 0.1) is 0 Å². The number of halogens is 2. The number of fused-ring (bicyclic) bond motifs is 1. The second-order valence-electron chi connectivity index (χ2n) is 6.79. The Labute approximate surface area is 162 Å². The summed E-state index contributed by atoms with van der Waals surface area (Å²) in [5, 5.41) is 0. The van der Waals surface area contributed by atoms with E-state index >= 15 is 4.39 Å². The van der Waals surface area contributed by atoms with Crippen molar-refractivity contribution in [1.29, 1.82) is 0 Å². The standard InChI is InChI=1S/C21H22F2O5/c1-24-21(23)18(25-12-14-8-4-2-5-9-14)17-16(27-20(21)22)13-26-19(28-17)15-10-6-3-7-11-15/h2-11,16-20H,12-13H2,1H3/t16-,17-,18+,19-,20-,21+/m1/s1. The fourth-order valence-electron chi connectivity index (χ4n) is 3.49. The maximum Gasteiger partial charge on any atom is 0.294 e. The Morgan fingerprint density at radius 2 is 1.71 bits per heavy atom. The fraction of sp³-hybridized carbons (Fsp3) is 0.429. The van der Waals surface area contributed by atoms with Gasteiger partial charge in [-0.25, -0.2) is 8.78 Å². The molecule has 0 radical (unpaired) electrons. The molecule has 0 aliphatic carbocycles. The quantitative estimate of drug-likeness (QED) is 0.777. The van der Waals surface area contributed by atoms with Crippen molar-refractivity contribution in [2.45, 2.75) is 43.4 Å². The molecule has 0 aromatic heterocycles. The van der Waals surface area contributed by atoms with Crippen molar-refractivity contribution in [3.05, 3.63) is 71.8 Å². The first-order valence-corrected chi connectivity index (χ1v) is 9.13. The summed E-state index contributed by atoms with van der Waals surface area (Å²) in [6.07, 6.45) is -6.10. The van der Waals surface area contributed by atoms with E-state index in [1.165, 1.54) is 0 Å². The molecule has 28 heavy (non-hydrogen) atoms. The Morgan fingerprint density at radius 1 is 1.04 bits per heavy atom. The SMILES string of the molecule is CO[C@]1(F)[C@H](F)O[C@@H]2CO[C@@H](c3ccccc3)O[C@H]2[C@@H]1OCc1ccccc1. The first-order valence-electron chi connectivity index (χ1n) is 9.13. The summed E-state index contributed by atoms with van der Waals surface area (Å²) in [7, 11) is 1.09. The lowest BCUT2D eigenvalue weighted by molar-refractivity contribution is -0.404. The third-order valence-corrected chi connectivity index (χ3v) is 5.01. The molecule has 2 aliphatic rings. The minimum atomic E-state index is -2.80. The van der Waals surface area contributed by atoms with Gasteiger partial charge in [0.25, 0.3) is 12.2 Å². The molecule has 2 heterocycles. The van der Waals surface area contributed by atoms with Gasteiger partial charge in [0.15, 0.2) is 12.4 Å². The second-order valence-corrected chi connectivity index (χ2v) is 6.79. The van der Waals surface area contributed by atoms with Crippen molar-refractivity contribution in [3.8, 4) is 0 Å². The van der Waals surface area contributed by atoms with Crippen molar-refractivity contribution in [2.75, 3.05) is 13.7 Å². The number of benzene rings is 2. The van der Waals surface area contributed by atoms with Crippen LogP contribution in [-0.2, 0) is 30.3 Å². The van der Waals surface area contributed by atoms with Gasteiger partial charge in [-0.1, -0.05) is 60.7 Å². The van der Waals surface area contributed by atoms with Crippen LogP contribution in [0.5, 0.6) is 0 Å². The van der Waals surface area contributed by atoms with Crippen LogP contribution in [-0.4, -0.2) is 44.2 Å². The molecule has 6 atom stereocenters. The Bertz CT molecular complexity index is 762. The van der Waals surface area contributed by atoms with Crippen molar-refractivity contribution in [1.82, 2.24) is 0 Å². The van der Waals surface area contributed by atoms with Crippen molar-refractivity contribution in [2.24, 2.45) is 0 Å². The Hall–Kier alpha value is -1.90. The number of alkyl halides is 2. The summed E-state index contributed by atoms with van der Waals surface area (Å²) in [6, 6.07) is 18.5. The predicted octanol–water partition coefficient (Wildman–Crippen LogP) is 3.69. The molecule has 5 nitrogen and oxygen atoms in total. The molecule has 0 amide bonds. The molecule has 2 saturated heterocycles. The molecule has 2 fully saturated rings. The highest BCUT2D eigenvalue weighted by atomic mass is 19.2. The van der Waals surface area contributed by atoms with Crippen molar-refractivity contribution in [3.63, 3.8) is 0 Å². The maximum absolute atomic E-state index is 15.4. The third kappa shape index (κ3) is 3.68. The summed E-state index contributed by atoms with van der Waals surface area (Å²) in [4.78, 5) is 0. The van der Waals surface area contributed by atoms with Crippen LogP contribution in [0.1, 0.15) is 17.4 Å². The van der Waals surface area contributed by atoms with E-state index in [1.807, 2.05) is 60.7 Å². The monoisotopic (exact) mass is 392 g/mol. The molecule has 0 saturated carbocycles. The zero-order valence-corrected chi connectivity index (χ0v) is 15.4. The highest BCUT2D eigenvalue weighted by molar-refractivity contribution is 5.17. The first kappa shape index (κ1) is 19.4. The van der Waals surface area contributed by atoms with Gasteiger partial charge in [-0.2, -0.15) is 0 Å². The molecule has 2 aromatic rings.